The molecule has 0 spiro atoms. The number of hydrogen-bond acceptors (Lipinski definition) is 4. The minimum absolute atomic E-state index is 0.409. The first kappa shape index (κ1) is 19.1. The van der Waals surface area contributed by atoms with Crippen LogP contribution in [0.1, 0.15) is 37.7 Å². The first-order valence-corrected chi connectivity index (χ1v) is 7.46. The summed E-state index contributed by atoms with van der Waals surface area (Å²) in [6.45, 7) is -3.67. The monoisotopic (exact) mass is 332 g/mol. The van der Waals surface area contributed by atoms with E-state index < -0.39 is 6.68 Å². The SMILES string of the molecule is COc1nc(OC)c(/C=C/C2CCCCC2)cc1N.FC(F)F. The average molecular weight is 332 g/mol. The molecule has 0 aliphatic heterocycles. The van der Waals surface area contributed by atoms with Gasteiger partial charge in [-0.3, -0.25) is 0 Å². The summed E-state index contributed by atoms with van der Waals surface area (Å²) in [5.41, 5.74) is 7.33. The predicted molar refractivity (Wildman–Crippen MR) is 84.5 cm³/mol. The summed E-state index contributed by atoms with van der Waals surface area (Å²) in [6, 6.07) is 1.85. The van der Waals surface area contributed by atoms with E-state index in [4.69, 9.17) is 15.2 Å². The molecule has 130 valence electrons. The Kier molecular flexibility index (Phi) is 8.29. The minimum atomic E-state index is -3.67. The zero-order chi connectivity index (χ0) is 17.2. The van der Waals surface area contributed by atoms with Gasteiger partial charge in [-0.25, -0.2) is 0 Å². The van der Waals surface area contributed by atoms with Crippen LogP contribution in [0.4, 0.5) is 18.9 Å². The molecule has 1 fully saturated rings. The first-order valence-electron chi connectivity index (χ1n) is 7.46. The summed E-state index contributed by atoms with van der Waals surface area (Å²) in [7, 11) is 3.16. The molecule has 23 heavy (non-hydrogen) atoms. The Balaban J connectivity index is 0.000000593. The highest BCUT2D eigenvalue weighted by atomic mass is 19.4. The summed E-state index contributed by atoms with van der Waals surface area (Å²) in [6.07, 6.45) is 10.9. The van der Waals surface area contributed by atoms with Crippen LogP contribution in [0, 0.1) is 5.92 Å². The first-order chi connectivity index (χ1) is 11.0. The van der Waals surface area contributed by atoms with Crippen molar-refractivity contribution < 1.29 is 22.6 Å². The molecule has 7 heteroatoms. The number of halogens is 3. The number of allylic oxidation sites excluding steroid dienone is 1. The molecule has 0 saturated heterocycles. The average Bonchev–Trinajstić information content (AvgIpc) is 2.53. The lowest BCUT2D eigenvalue weighted by Gasteiger charge is -2.18. The Hall–Kier alpha value is -1.92. The molecule has 1 saturated carbocycles. The molecule has 1 aliphatic rings. The van der Waals surface area contributed by atoms with Crippen LogP contribution >= 0.6 is 0 Å². The van der Waals surface area contributed by atoms with Crippen molar-refractivity contribution in [1.29, 1.82) is 0 Å². The van der Waals surface area contributed by atoms with Crippen LogP contribution in [0.15, 0.2) is 12.1 Å². The van der Waals surface area contributed by atoms with Crippen molar-refractivity contribution in [3.8, 4) is 11.8 Å². The molecular formula is C16H23F3N2O2. The lowest BCUT2D eigenvalue weighted by molar-refractivity contribution is 0.00819. The van der Waals surface area contributed by atoms with Crippen molar-refractivity contribution in [2.75, 3.05) is 20.0 Å². The minimum Gasteiger partial charge on any atom is -0.480 e. The molecule has 0 aromatic carbocycles. The van der Waals surface area contributed by atoms with Crippen molar-refractivity contribution in [3.63, 3.8) is 0 Å². The molecule has 0 unspecified atom stereocenters. The number of alkyl halides is 3. The molecule has 0 amide bonds. The van der Waals surface area contributed by atoms with Crippen LogP contribution in [-0.4, -0.2) is 25.9 Å². The van der Waals surface area contributed by atoms with E-state index in [0.717, 1.165) is 5.56 Å². The molecule has 2 rings (SSSR count). The van der Waals surface area contributed by atoms with Gasteiger partial charge in [0.15, 0.2) is 0 Å². The molecule has 4 nitrogen and oxygen atoms in total. The van der Waals surface area contributed by atoms with Gasteiger partial charge in [0.25, 0.3) is 0 Å². The van der Waals surface area contributed by atoms with Crippen molar-refractivity contribution >= 4 is 11.8 Å². The van der Waals surface area contributed by atoms with Crippen LogP contribution in [0.2, 0.25) is 0 Å². The Morgan fingerprint density at radius 1 is 1.13 bits per heavy atom. The lowest BCUT2D eigenvalue weighted by atomic mass is 9.89. The summed E-state index contributed by atoms with van der Waals surface area (Å²) >= 11 is 0. The largest absolute Gasteiger partial charge is 0.480 e. The highest BCUT2D eigenvalue weighted by molar-refractivity contribution is 5.63. The smallest absolute Gasteiger partial charge is 0.379 e. The molecule has 0 atom stereocenters. The van der Waals surface area contributed by atoms with Crippen molar-refractivity contribution in [2.45, 2.75) is 38.8 Å². The number of nitrogens with zero attached hydrogens (tertiary/aromatic N) is 1. The van der Waals surface area contributed by atoms with Gasteiger partial charge in [0, 0.05) is 5.56 Å². The van der Waals surface area contributed by atoms with Gasteiger partial charge in [-0.05, 0) is 24.8 Å². The Morgan fingerprint density at radius 2 is 1.70 bits per heavy atom. The Labute approximate surface area is 134 Å². The zero-order valence-corrected chi connectivity index (χ0v) is 13.4. The van der Waals surface area contributed by atoms with Crippen LogP contribution < -0.4 is 15.2 Å². The second-order valence-corrected chi connectivity index (χ2v) is 5.19. The summed E-state index contributed by atoms with van der Waals surface area (Å²) < 4.78 is 39.4. The standard InChI is InChI=1S/C15H22N2O2.CHF3/c1-18-14-12(10-13(16)15(17-14)19-2)9-8-11-6-4-3-5-7-11;2-1(3)4/h8-11H,3-7,16H2,1-2H3;1H/b9-8+;. The topological polar surface area (TPSA) is 57.4 Å². The third-order valence-electron chi connectivity index (χ3n) is 3.59. The number of hydrogen-bond donors (Lipinski definition) is 1. The highest BCUT2D eigenvalue weighted by Crippen LogP contribution is 2.30. The van der Waals surface area contributed by atoms with E-state index in [-0.39, 0.29) is 0 Å². The molecule has 0 bridgehead atoms. The molecule has 1 aromatic rings. The van der Waals surface area contributed by atoms with Gasteiger partial charge in [0.1, 0.15) is 0 Å². The predicted octanol–water partition coefficient (Wildman–Crippen LogP) is 4.45. The Morgan fingerprint density at radius 3 is 2.22 bits per heavy atom. The van der Waals surface area contributed by atoms with E-state index in [1.54, 1.807) is 14.2 Å². The maximum absolute atomic E-state index is 9.67. The van der Waals surface area contributed by atoms with Crippen molar-refractivity contribution in [3.05, 3.63) is 17.7 Å². The van der Waals surface area contributed by atoms with E-state index in [9.17, 15) is 13.2 Å². The number of pyridine rings is 1. The normalized spacial score (nSPS) is 15.4. The Bertz CT molecular complexity index is 502. The van der Waals surface area contributed by atoms with E-state index in [1.807, 2.05) is 6.07 Å². The summed E-state index contributed by atoms with van der Waals surface area (Å²) in [5.74, 6) is 1.63. The second kappa shape index (κ2) is 9.97. The number of anilines is 1. The van der Waals surface area contributed by atoms with Gasteiger partial charge < -0.3 is 15.2 Å². The maximum Gasteiger partial charge on any atom is 0.379 e. The van der Waals surface area contributed by atoms with Crippen molar-refractivity contribution in [2.24, 2.45) is 5.92 Å². The second-order valence-electron chi connectivity index (χ2n) is 5.19. The van der Waals surface area contributed by atoms with Gasteiger partial charge in [-0.1, -0.05) is 31.4 Å². The fourth-order valence-corrected chi connectivity index (χ4v) is 2.53. The summed E-state index contributed by atoms with van der Waals surface area (Å²) in [4.78, 5) is 4.25. The van der Waals surface area contributed by atoms with Crippen LogP contribution in [0.5, 0.6) is 11.8 Å². The molecule has 1 aliphatic carbocycles. The quantitative estimate of drug-likeness (QED) is 0.885. The van der Waals surface area contributed by atoms with Gasteiger partial charge in [-0.15, -0.1) is 0 Å². The number of ether oxygens (including phenoxy) is 2. The fraction of sp³-hybridized carbons (Fsp3) is 0.562. The number of rotatable bonds is 4. The number of methoxy groups -OCH3 is 2. The van der Waals surface area contributed by atoms with Crippen molar-refractivity contribution in [1.82, 2.24) is 4.98 Å². The molecular weight excluding hydrogens is 309 g/mol. The number of nitrogen functional groups attached to an aromatic ring is 1. The van der Waals surface area contributed by atoms with E-state index in [2.05, 4.69) is 17.1 Å². The van der Waals surface area contributed by atoms with Crippen LogP contribution in [0.3, 0.4) is 0 Å². The van der Waals surface area contributed by atoms with Crippen LogP contribution in [-0.2, 0) is 0 Å². The third-order valence-corrected chi connectivity index (χ3v) is 3.59. The van der Waals surface area contributed by atoms with Gasteiger partial charge in [-0.2, -0.15) is 18.2 Å². The number of aromatic nitrogens is 1. The van der Waals surface area contributed by atoms with Gasteiger partial charge >= 0.3 is 6.68 Å². The van der Waals surface area contributed by atoms with Gasteiger partial charge in [0.2, 0.25) is 11.8 Å². The third kappa shape index (κ3) is 6.80. The molecule has 1 aromatic heterocycles. The molecule has 1 heterocycles. The molecule has 0 radical (unpaired) electrons. The summed E-state index contributed by atoms with van der Waals surface area (Å²) in [5, 5.41) is 0. The van der Waals surface area contributed by atoms with Gasteiger partial charge in [0.05, 0.1) is 19.9 Å². The van der Waals surface area contributed by atoms with E-state index in [1.165, 1.54) is 32.1 Å². The fourth-order valence-electron chi connectivity index (χ4n) is 2.53. The number of nitrogens with two attached hydrogens (primary N) is 1. The highest BCUT2D eigenvalue weighted by Gasteiger charge is 2.12. The lowest BCUT2D eigenvalue weighted by Crippen LogP contribution is -2.03. The zero-order valence-electron chi connectivity index (χ0n) is 13.4. The van der Waals surface area contributed by atoms with Crippen LogP contribution in [0.25, 0.3) is 6.08 Å². The van der Waals surface area contributed by atoms with E-state index in [0.29, 0.717) is 23.4 Å². The maximum atomic E-state index is 9.67. The molecule has 2 N–H and O–H groups in total. The van der Waals surface area contributed by atoms with E-state index >= 15 is 0 Å².